The summed E-state index contributed by atoms with van der Waals surface area (Å²) < 4.78 is 11.8. The highest BCUT2D eigenvalue weighted by Crippen LogP contribution is 2.26. The minimum atomic E-state index is -0.532. The molecule has 29 heavy (non-hydrogen) atoms. The lowest BCUT2D eigenvalue weighted by atomic mass is 10.1. The summed E-state index contributed by atoms with van der Waals surface area (Å²) in [6.07, 6.45) is 3.38. The molecule has 2 aromatic rings. The Kier molecular flexibility index (Phi) is 6.35. The zero-order valence-corrected chi connectivity index (χ0v) is 17.2. The van der Waals surface area contributed by atoms with Crippen LogP contribution in [0.1, 0.15) is 37.3 Å². The van der Waals surface area contributed by atoms with Crippen molar-refractivity contribution in [2.75, 3.05) is 26.2 Å². The number of benzene rings is 2. The van der Waals surface area contributed by atoms with Crippen molar-refractivity contribution in [2.24, 2.45) is 0 Å². The average Bonchev–Trinajstić information content (AvgIpc) is 2.96. The number of amides is 1. The molecule has 2 aliphatic rings. The third kappa shape index (κ3) is 5.10. The number of carbonyl (C=O) groups is 1. The maximum absolute atomic E-state index is 13.0. The van der Waals surface area contributed by atoms with Crippen LogP contribution in [0, 0.1) is 0 Å². The van der Waals surface area contributed by atoms with E-state index >= 15 is 0 Å². The summed E-state index contributed by atoms with van der Waals surface area (Å²) in [5, 5.41) is 0. The molecule has 1 fully saturated rings. The second-order valence-electron chi connectivity index (χ2n) is 7.96. The van der Waals surface area contributed by atoms with Crippen LogP contribution in [-0.4, -0.2) is 48.1 Å². The van der Waals surface area contributed by atoms with Crippen LogP contribution in [0.25, 0.3) is 0 Å². The summed E-state index contributed by atoms with van der Waals surface area (Å²) in [5.41, 5.74) is 2.37. The number of hydrogen-bond donors (Lipinski definition) is 0. The Balaban J connectivity index is 1.43. The molecular weight excluding hydrogens is 364 g/mol. The number of rotatable bonds is 5. The molecule has 0 bridgehead atoms. The van der Waals surface area contributed by atoms with Crippen molar-refractivity contribution in [3.05, 3.63) is 59.7 Å². The smallest absolute Gasteiger partial charge is 0.263 e. The molecule has 0 radical (unpaired) electrons. The largest absolute Gasteiger partial charge is 0.491 e. The summed E-state index contributed by atoms with van der Waals surface area (Å²) >= 11 is 0. The number of fused-ring (bicyclic) bond motifs is 1. The molecule has 0 spiro atoms. The van der Waals surface area contributed by atoms with E-state index in [0.717, 1.165) is 17.9 Å². The predicted molar refractivity (Wildman–Crippen MR) is 113 cm³/mol. The topological polar surface area (TPSA) is 42.0 Å². The third-order valence-corrected chi connectivity index (χ3v) is 5.68. The van der Waals surface area contributed by atoms with E-state index in [4.69, 9.17) is 9.47 Å². The van der Waals surface area contributed by atoms with E-state index in [2.05, 4.69) is 23.1 Å². The first-order valence-corrected chi connectivity index (χ1v) is 10.7. The van der Waals surface area contributed by atoms with Crippen LogP contribution >= 0.6 is 0 Å². The first-order valence-electron chi connectivity index (χ1n) is 10.7. The van der Waals surface area contributed by atoms with E-state index in [-0.39, 0.29) is 5.91 Å². The summed E-state index contributed by atoms with van der Waals surface area (Å²) in [5.74, 6) is 1.59. The lowest BCUT2D eigenvalue weighted by Crippen LogP contribution is -2.41. The maximum atomic E-state index is 13.0. The third-order valence-electron chi connectivity index (χ3n) is 5.68. The van der Waals surface area contributed by atoms with Crippen LogP contribution in [0.5, 0.6) is 11.5 Å². The van der Waals surface area contributed by atoms with Crippen molar-refractivity contribution in [3.63, 3.8) is 0 Å². The normalized spacial score (nSPS) is 18.3. The average molecular weight is 395 g/mol. The van der Waals surface area contributed by atoms with Crippen molar-refractivity contribution in [2.45, 2.75) is 45.4 Å². The van der Waals surface area contributed by atoms with E-state index in [9.17, 15) is 4.79 Å². The molecule has 1 unspecified atom stereocenters. The highest BCUT2D eigenvalue weighted by Gasteiger charge is 2.25. The number of nitrogens with zero attached hydrogens (tertiary/aromatic N) is 2. The molecule has 1 saturated heterocycles. The zero-order chi connectivity index (χ0) is 20.1. The lowest BCUT2D eigenvalue weighted by Gasteiger charge is -2.27. The first kappa shape index (κ1) is 19.8. The van der Waals surface area contributed by atoms with E-state index in [1.54, 1.807) is 0 Å². The number of carbonyl (C=O) groups excluding carboxylic acids is 1. The predicted octanol–water partition coefficient (Wildman–Crippen LogP) is 3.86. The van der Waals surface area contributed by atoms with Crippen LogP contribution in [0.15, 0.2) is 48.5 Å². The van der Waals surface area contributed by atoms with Gasteiger partial charge in [0.15, 0.2) is 6.10 Å². The maximum Gasteiger partial charge on any atom is 0.263 e. The Morgan fingerprint density at radius 2 is 1.86 bits per heavy atom. The van der Waals surface area contributed by atoms with Gasteiger partial charge in [0, 0.05) is 18.7 Å². The van der Waals surface area contributed by atoms with Gasteiger partial charge in [-0.25, -0.2) is 0 Å². The molecule has 154 valence electrons. The standard InChI is InChI=1S/C24H30N2O3/c1-19(29-22-8-4-2-5-9-22)24(27)26-14-15-28-23-11-10-20(16-21(23)18-26)17-25-12-6-3-7-13-25/h2,4-5,8-11,16,19H,3,6-7,12-15,17-18H2,1H3. The summed E-state index contributed by atoms with van der Waals surface area (Å²) in [4.78, 5) is 17.4. The summed E-state index contributed by atoms with van der Waals surface area (Å²) in [6, 6.07) is 15.9. The Labute approximate surface area is 173 Å². The van der Waals surface area contributed by atoms with Crippen molar-refractivity contribution in [1.82, 2.24) is 9.80 Å². The van der Waals surface area contributed by atoms with E-state index in [1.165, 1.54) is 37.9 Å². The number of likely N-dealkylation sites (tertiary alicyclic amines) is 1. The van der Waals surface area contributed by atoms with E-state index in [0.29, 0.717) is 25.4 Å². The second-order valence-corrected chi connectivity index (χ2v) is 7.96. The fourth-order valence-corrected chi connectivity index (χ4v) is 4.12. The van der Waals surface area contributed by atoms with Gasteiger partial charge in [-0.3, -0.25) is 9.69 Å². The Morgan fingerprint density at radius 3 is 2.66 bits per heavy atom. The minimum absolute atomic E-state index is 0.00765. The zero-order valence-electron chi connectivity index (χ0n) is 17.2. The van der Waals surface area contributed by atoms with Crippen LogP contribution in [0.3, 0.4) is 0 Å². The highest BCUT2D eigenvalue weighted by molar-refractivity contribution is 5.81. The van der Waals surface area contributed by atoms with Gasteiger partial charge < -0.3 is 14.4 Å². The fourth-order valence-electron chi connectivity index (χ4n) is 4.12. The monoisotopic (exact) mass is 394 g/mol. The van der Waals surface area contributed by atoms with E-state index in [1.807, 2.05) is 42.2 Å². The minimum Gasteiger partial charge on any atom is -0.491 e. The number of ether oxygens (including phenoxy) is 2. The molecule has 5 heteroatoms. The molecule has 2 aliphatic heterocycles. The molecule has 2 aromatic carbocycles. The van der Waals surface area contributed by atoms with Gasteiger partial charge in [-0.2, -0.15) is 0 Å². The molecule has 0 aliphatic carbocycles. The highest BCUT2D eigenvalue weighted by atomic mass is 16.5. The van der Waals surface area contributed by atoms with Gasteiger partial charge in [-0.05, 0) is 62.7 Å². The van der Waals surface area contributed by atoms with Crippen LogP contribution in [0.2, 0.25) is 0 Å². The Morgan fingerprint density at radius 1 is 1.07 bits per heavy atom. The molecular formula is C24H30N2O3. The Bertz CT molecular complexity index is 818. The van der Waals surface area contributed by atoms with Gasteiger partial charge in [0.05, 0.1) is 6.54 Å². The van der Waals surface area contributed by atoms with Crippen LogP contribution in [-0.2, 0) is 17.9 Å². The fraction of sp³-hybridized carbons (Fsp3) is 0.458. The summed E-state index contributed by atoms with van der Waals surface area (Å²) in [7, 11) is 0. The lowest BCUT2D eigenvalue weighted by molar-refractivity contribution is -0.138. The summed E-state index contributed by atoms with van der Waals surface area (Å²) in [6.45, 7) is 6.76. The van der Waals surface area contributed by atoms with Crippen LogP contribution in [0.4, 0.5) is 0 Å². The molecule has 1 atom stereocenters. The molecule has 2 heterocycles. The number of para-hydroxylation sites is 1. The Hall–Kier alpha value is -2.53. The van der Waals surface area contributed by atoms with Crippen molar-refractivity contribution >= 4 is 5.91 Å². The van der Waals surface area contributed by atoms with Gasteiger partial charge in [0.2, 0.25) is 0 Å². The van der Waals surface area contributed by atoms with Gasteiger partial charge in [-0.15, -0.1) is 0 Å². The molecule has 4 rings (SSSR count). The van der Waals surface area contributed by atoms with Gasteiger partial charge >= 0.3 is 0 Å². The molecule has 0 saturated carbocycles. The van der Waals surface area contributed by atoms with Crippen LogP contribution < -0.4 is 9.47 Å². The van der Waals surface area contributed by atoms with Crippen molar-refractivity contribution < 1.29 is 14.3 Å². The molecule has 5 nitrogen and oxygen atoms in total. The number of piperidine rings is 1. The van der Waals surface area contributed by atoms with Gasteiger partial charge in [-0.1, -0.05) is 30.7 Å². The quantitative estimate of drug-likeness (QED) is 0.772. The van der Waals surface area contributed by atoms with Crippen molar-refractivity contribution in [3.8, 4) is 11.5 Å². The second kappa shape index (κ2) is 9.31. The molecule has 1 amide bonds. The molecule has 0 N–H and O–H groups in total. The van der Waals surface area contributed by atoms with E-state index < -0.39 is 6.10 Å². The van der Waals surface area contributed by atoms with Gasteiger partial charge in [0.1, 0.15) is 18.1 Å². The number of hydrogen-bond acceptors (Lipinski definition) is 4. The van der Waals surface area contributed by atoms with Gasteiger partial charge in [0.25, 0.3) is 5.91 Å². The SMILES string of the molecule is CC(Oc1ccccc1)C(=O)N1CCOc2ccc(CN3CCCCC3)cc2C1. The first-order chi connectivity index (χ1) is 14.2. The van der Waals surface area contributed by atoms with Crippen molar-refractivity contribution in [1.29, 1.82) is 0 Å². The molecule has 0 aromatic heterocycles.